The van der Waals surface area contributed by atoms with Crippen LogP contribution < -0.4 is 10.2 Å². The van der Waals surface area contributed by atoms with E-state index in [1.807, 2.05) is 92.0 Å². The number of likely N-dealkylation sites (tertiary alicyclic amines) is 1. The van der Waals surface area contributed by atoms with Gasteiger partial charge in [-0.2, -0.15) is 5.01 Å². The van der Waals surface area contributed by atoms with E-state index in [1.54, 1.807) is 18.2 Å². The minimum Gasteiger partial charge on any atom is -0.504 e. The van der Waals surface area contributed by atoms with Crippen molar-refractivity contribution in [1.82, 2.24) is 9.91 Å². The Balaban J connectivity index is 1.31. The van der Waals surface area contributed by atoms with Crippen LogP contribution in [0.3, 0.4) is 0 Å². The summed E-state index contributed by atoms with van der Waals surface area (Å²) < 4.78 is 5.83. The minimum absolute atomic E-state index is 0.0387. The zero-order chi connectivity index (χ0) is 34.7. The zero-order valence-electron chi connectivity index (χ0n) is 27.7. The summed E-state index contributed by atoms with van der Waals surface area (Å²) in [5.74, 6) is -4.23. The molecule has 9 nitrogen and oxygen atoms in total. The number of imide groups is 2. The molecule has 2 aliphatic carbocycles. The number of rotatable bonds is 8. The van der Waals surface area contributed by atoms with Gasteiger partial charge in [-0.1, -0.05) is 71.8 Å². The third-order valence-electron chi connectivity index (χ3n) is 11.0. The van der Waals surface area contributed by atoms with Crippen molar-refractivity contribution in [2.24, 2.45) is 23.7 Å². The second-order valence-electron chi connectivity index (χ2n) is 13.6. The van der Waals surface area contributed by atoms with Crippen LogP contribution in [0.5, 0.6) is 11.5 Å². The fourth-order valence-electron chi connectivity index (χ4n) is 8.88. The summed E-state index contributed by atoms with van der Waals surface area (Å²) in [4.78, 5) is 60.5. The van der Waals surface area contributed by atoms with E-state index in [9.17, 15) is 19.5 Å². The number of hydrazine groups is 1. The maximum Gasteiger partial charge on any atom is 0.260 e. The Kier molecular flexibility index (Phi) is 7.86. The summed E-state index contributed by atoms with van der Waals surface area (Å²) in [6.07, 6.45) is 2.60. The number of thiophene rings is 1. The van der Waals surface area contributed by atoms with E-state index in [1.165, 1.54) is 16.2 Å². The van der Waals surface area contributed by atoms with Gasteiger partial charge in [-0.05, 0) is 79.4 Å². The van der Waals surface area contributed by atoms with Gasteiger partial charge in [-0.25, -0.2) is 0 Å². The fourth-order valence-corrected chi connectivity index (χ4v) is 9.58. The van der Waals surface area contributed by atoms with E-state index in [4.69, 9.17) is 4.74 Å². The van der Waals surface area contributed by atoms with Crippen LogP contribution in [0.15, 0.2) is 102 Å². The molecule has 2 saturated heterocycles. The standard InChI is InChI=1S/C40H37N3O6S/c1-3-49-33-20-24(13-18-32(33)44)35-28-16-17-29-34(38(47)42(36(29)45)22-27-10-7-19-50-27)30(28)21-31-37(46)43(41-26-14-11-23(2)12-15-26)39(48)40(31,35)25-8-5-4-6-9-25/h4-16,18-20,29-31,34-35,41,44H,3,17,21-22H2,1-2H3/t29-,30+,31-,34-,35-,40+/m0/s1. The molecule has 6 atom stereocenters. The smallest absolute Gasteiger partial charge is 0.260 e. The number of fused-ring (bicyclic) bond motifs is 4. The normalized spacial score (nSPS) is 27.2. The van der Waals surface area contributed by atoms with Gasteiger partial charge in [0.15, 0.2) is 11.5 Å². The molecule has 50 heavy (non-hydrogen) atoms. The van der Waals surface area contributed by atoms with Crippen LogP contribution in [-0.2, 0) is 31.1 Å². The van der Waals surface area contributed by atoms with Crippen molar-refractivity contribution in [3.05, 3.63) is 124 Å². The number of ether oxygens (including phenoxy) is 1. The molecule has 3 aromatic carbocycles. The summed E-state index contributed by atoms with van der Waals surface area (Å²) in [6, 6.07) is 25.8. The summed E-state index contributed by atoms with van der Waals surface area (Å²) >= 11 is 1.50. The van der Waals surface area contributed by atoms with Gasteiger partial charge in [0, 0.05) is 10.8 Å². The first-order chi connectivity index (χ1) is 24.2. The van der Waals surface area contributed by atoms with E-state index < -0.39 is 40.9 Å². The average molecular weight is 688 g/mol. The average Bonchev–Trinajstić information content (AvgIpc) is 3.79. The van der Waals surface area contributed by atoms with Crippen molar-refractivity contribution < 1.29 is 29.0 Å². The van der Waals surface area contributed by atoms with Crippen molar-refractivity contribution in [1.29, 1.82) is 0 Å². The molecule has 1 aromatic heterocycles. The molecular formula is C40H37N3O6S. The molecule has 3 heterocycles. The lowest BCUT2D eigenvalue weighted by Crippen LogP contribution is -2.53. The van der Waals surface area contributed by atoms with E-state index in [2.05, 4.69) is 5.43 Å². The highest BCUT2D eigenvalue weighted by atomic mass is 32.1. The number of benzene rings is 3. The molecule has 2 N–H and O–H groups in total. The van der Waals surface area contributed by atoms with Crippen LogP contribution in [0.2, 0.25) is 0 Å². The number of nitrogens with zero attached hydrogens (tertiary/aromatic N) is 2. The molecule has 4 aromatic rings. The second kappa shape index (κ2) is 12.3. The number of carbonyl (C=O) groups excluding carboxylic acids is 4. The van der Waals surface area contributed by atoms with Crippen LogP contribution in [0.25, 0.3) is 0 Å². The van der Waals surface area contributed by atoms with Gasteiger partial charge >= 0.3 is 0 Å². The van der Waals surface area contributed by atoms with Gasteiger partial charge in [0.1, 0.15) is 0 Å². The summed E-state index contributed by atoms with van der Waals surface area (Å²) in [7, 11) is 0. The van der Waals surface area contributed by atoms with Crippen LogP contribution in [0, 0.1) is 30.6 Å². The van der Waals surface area contributed by atoms with E-state index in [0.29, 0.717) is 29.8 Å². The van der Waals surface area contributed by atoms with Crippen LogP contribution in [0.4, 0.5) is 5.69 Å². The largest absolute Gasteiger partial charge is 0.504 e. The first-order valence-electron chi connectivity index (χ1n) is 17.0. The fraction of sp³-hybridized carbons (Fsp3) is 0.300. The van der Waals surface area contributed by atoms with Crippen LogP contribution in [0.1, 0.15) is 47.3 Å². The molecule has 2 aliphatic heterocycles. The van der Waals surface area contributed by atoms with Gasteiger partial charge in [0.2, 0.25) is 11.8 Å². The van der Waals surface area contributed by atoms with E-state index in [0.717, 1.165) is 21.0 Å². The number of allylic oxidation sites excluding steroid dienone is 2. The summed E-state index contributed by atoms with van der Waals surface area (Å²) in [5.41, 5.74) is 5.59. The molecule has 4 amide bonds. The third-order valence-corrected chi connectivity index (χ3v) is 11.9. The Morgan fingerprint density at radius 3 is 2.42 bits per heavy atom. The lowest BCUT2D eigenvalue weighted by molar-refractivity contribution is -0.141. The number of carbonyl (C=O) groups is 4. The quantitative estimate of drug-likeness (QED) is 0.164. The van der Waals surface area contributed by atoms with Crippen molar-refractivity contribution in [2.75, 3.05) is 12.0 Å². The number of phenols is 1. The highest BCUT2D eigenvalue weighted by molar-refractivity contribution is 7.09. The number of hydrogen-bond donors (Lipinski definition) is 2. The molecule has 4 aliphatic rings. The van der Waals surface area contributed by atoms with Gasteiger partial charge in [-0.3, -0.25) is 29.5 Å². The molecule has 254 valence electrons. The number of aryl methyl sites for hydroxylation is 1. The van der Waals surface area contributed by atoms with Crippen molar-refractivity contribution in [3.63, 3.8) is 0 Å². The summed E-state index contributed by atoms with van der Waals surface area (Å²) in [5, 5.41) is 13.8. The highest BCUT2D eigenvalue weighted by Crippen LogP contribution is 2.64. The third kappa shape index (κ3) is 4.80. The Morgan fingerprint density at radius 2 is 1.70 bits per heavy atom. The molecule has 8 rings (SSSR count). The van der Waals surface area contributed by atoms with Crippen LogP contribution >= 0.6 is 11.3 Å². The first kappa shape index (κ1) is 32.0. The number of amides is 4. The molecule has 0 spiro atoms. The zero-order valence-corrected chi connectivity index (χ0v) is 28.6. The van der Waals surface area contributed by atoms with Crippen molar-refractivity contribution in [3.8, 4) is 11.5 Å². The van der Waals surface area contributed by atoms with Gasteiger partial charge < -0.3 is 9.84 Å². The molecule has 0 unspecified atom stereocenters. The first-order valence-corrected chi connectivity index (χ1v) is 17.9. The molecule has 3 fully saturated rings. The van der Waals surface area contributed by atoms with Crippen molar-refractivity contribution in [2.45, 2.75) is 44.6 Å². The Bertz CT molecular complexity index is 2030. The van der Waals surface area contributed by atoms with Crippen molar-refractivity contribution >= 4 is 40.7 Å². The van der Waals surface area contributed by atoms with E-state index >= 15 is 4.79 Å². The molecule has 10 heteroatoms. The van der Waals surface area contributed by atoms with Gasteiger partial charge in [-0.15, -0.1) is 11.3 Å². The highest BCUT2D eigenvalue weighted by Gasteiger charge is 2.70. The predicted molar refractivity (Wildman–Crippen MR) is 188 cm³/mol. The number of anilines is 1. The number of hydrogen-bond acceptors (Lipinski definition) is 8. The second-order valence-corrected chi connectivity index (χ2v) is 14.6. The Morgan fingerprint density at radius 1 is 0.920 bits per heavy atom. The maximum absolute atomic E-state index is 15.3. The lowest BCUT2D eigenvalue weighted by atomic mass is 9.49. The minimum atomic E-state index is -1.39. The molecule has 0 radical (unpaired) electrons. The lowest BCUT2D eigenvalue weighted by Gasteiger charge is -2.50. The monoisotopic (exact) mass is 687 g/mol. The molecule has 1 saturated carbocycles. The summed E-state index contributed by atoms with van der Waals surface area (Å²) in [6.45, 7) is 4.32. The molecule has 0 bridgehead atoms. The maximum atomic E-state index is 15.3. The Hall–Kier alpha value is -5.22. The van der Waals surface area contributed by atoms with Crippen LogP contribution in [-0.4, -0.2) is 45.3 Å². The number of aromatic hydroxyl groups is 1. The van der Waals surface area contributed by atoms with Gasteiger partial charge in [0.05, 0.1) is 42.0 Å². The number of phenolic OH excluding ortho intramolecular Hbond substituents is 1. The SMILES string of the molecule is CCOc1cc([C@H]2C3=CC[C@@H]4C(=O)N(Cc5cccs5)C(=O)[C@@H]4[C@@H]3C[C@H]3C(=O)N(Nc4ccc(C)cc4)C(=O)[C@@]23c2ccccc2)ccc1O. The predicted octanol–water partition coefficient (Wildman–Crippen LogP) is 6.35. The number of nitrogens with one attached hydrogen (secondary N) is 1. The molecular weight excluding hydrogens is 651 g/mol. The topological polar surface area (TPSA) is 116 Å². The van der Waals surface area contributed by atoms with Gasteiger partial charge in [0.25, 0.3) is 11.8 Å². The van der Waals surface area contributed by atoms with E-state index in [-0.39, 0.29) is 42.2 Å². The Labute approximate surface area is 294 Å².